The zero-order chi connectivity index (χ0) is 20.1. The van der Waals surface area contributed by atoms with Crippen molar-refractivity contribution in [1.82, 2.24) is 24.6 Å². The van der Waals surface area contributed by atoms with Gasteiger partial charge in [-0.1, -0.05) is 12.1 Å². The standard InChI is InChI=1S/C22H25N5O2/c1-29-21-8-7-17(11-19(21)14-27-16-23-15-25-27)12-26-10-4-5-18(13-26)22(28)20-6-2-3-9-24-20/h2-3,6-9,11,15-16,18H,4-5,10,12-14H2,1H3. The maximum absolute atomic E-state index is 12.8. The highest BCUT2D eigenvalue weighted by atomic mass is 16.5. The van der Waals surface area contributed by atoms with E-state index in [0.717, 1.165) is 43.8 Å². The van der Waals surface area contributed by atoms with Crippen LogP contribution in [0, 0.1) is 5.92 Å². The van der Waals surface area contributed by atoms with Gasteiger partial charge in [-0.3, -0.25) is 14.7 Å². The molecule has 1 saturated heterocycles. The fraction of sp³-hybridized carbons (Fsp3) is 0.364. The van der Waals surface area contributed by atoms with E-state index in [0.29, 0.717) is 12.2 Å². The van der Waals surface area contributed by atoms with Crippen molar-refractivity contribution < 1.29 is 9.53 Å². The van der Waals surface area contributed by atoms with Crippen molar-refractivity contribution >= 4 is 5.78 Å². The molecule has 3 aromatic rings. The van der Waals surface area contributed by atoms with Gasteiger partial charge in [0.15, 0.2) is 5.78 Å². The van der Waals surface area contributed by atoms with Crippen LogP contribution in [0.25, 0.3) is 0 Å². The third-order valence-corrected chi connectivity index (χ3v) is 5.34. The zero-order valence-electron chi connectivity index (χ0n) is 16.6. The Hall–Kier alpha value is -3.06. The Morgan fingerprint density at radius 3 is 2.93 bits per heavy atom. The summed E-state index contributed by atoms with van der Waals surface area (Å²) in [4.78, 5) is 23.4. The van der Waals surface area contributed by atoms with Crippen LogP contribution < -0.4 is 4.74 Å². The molecular weight excluding hydrogens is 366 g/mol. The number of ketones is 1. The Morgan fingerprint density at radius 2 is 2.17 bits per heavy atom. The van der Waals surface area contributed by atoms with Gasteiger partial charge in [-0.25, -0.2) is 9.67 Å². The van der Waals surface area contributed by atoms with Crippen molar-refractivity contribution in [1.29, 1.82) is 0 Å². The average Bonchev–Trinajstić information content (AvgIpc) is 3.27. The minimum atomic E-state index is 0.00603. The van der Waals surface area contributed by atoms with Crippen LogP contribution in [0.15, 0.2) is 55.2 Å². The van der Waals surface area contributed by atoms with E-state index in [2.05, 4.69) is 32.1 Å². The minimum Gasteiger partial charge on any atom is -0.496 e. The Kier molecular flexibility index (Phi) is 5.95. The number of piperidine rings is 1. The van der Waals surface area contributed by atoms with E-state index in [-0.39, 0.29) is 11.7 Å². The molecule has 2 aromatic heterocycles. The molecule has 150 valence electrons. The van der Waals surface area contributed by atoms with Gasteiger partial charge in [0, 0.05) is 30.8 Å². The molecule has 1 unspecified atom stereocenters. The SMILES string of the molecule is COc1ccc(CN2CCCC(C(=O)c3ccccn3)C2)cc1Cn1cncn1. The second-order valence-corrected chi connectivity index (χ2v) is 7.39. The maximum atomic E-state index is 12.8. The van der Waals surface area contributed by atoms with Crippen molar-refractivity contribution in [3.05, 3.63) is 72.1 Å². The summed E-state index contributed by atoms with van der Waals surface area (Å²) in [7, 11) is 1.68. The highest BCUT2D eigenvalue weighted by Gasteiger charge is 2.27. The lowest BCUT2D eigenvalue weighted by Gasteiger charge is -2.32. The molecule has 0 amide bonds. The summed E-state index contributed by atoms with van der Waals surface area (Å²) < 4.78 is 7.29. The molecule has 1 fully saturated rings. The molecule has 0 spiro atoms. The summed E-state index contributed by atoms with van der Waals surface area (Å²) in [5, 5.41) is 4.19. The monoisotopic (exact) mass is 391 g/mol. The molecular formula is C22H25N5O2. The van der Waals surface area contributed by atoms with Crippen molar-refractivity contribution in [3.8, 4) is 5.75 Å². The molecule has 0 radical (unpaired) electrons. The van der Waals surface area contributed by atoms with E-state index in [1.54, 1.807) is 30.4 Å². The number of hydrogen-bond donors (Lipinski definition) is 0. The summed E-state index contributed by atoms with van der Waals surface area (Å²) in [5.74, 6) is 0.995. The first-order chi connectivity index (χ1) is 14.2. The third-order valence-electron chi connectivity index (χ3n) is 5.34. The topological polar surface area (TPSA) is 73.1 Å². The number of aromatic nitrogens is 4. The van der Waals surface area contributed by atoms with E-state index in [9.17, 15) is 4.79 Å². The van der Waals surface area contributed by atoms with Crippen LogP contribution in [0.5, 0.6) is 5.75 Å². The van der Waals surface area contributed by atoms with Crippen LogP contribution >= 0.6 is 0 Å². The van der Waals surface area contributed by atoms with Gasteiger partial charge in [-0.15, -0.1) is 0 Å². The summed E-state index contributed by atoms with van der Waals surface area (Å²) >= 11 is 0. The van der Waals surface area contributed by atoms with Gasteiger partial charge in [-0.05, 0) is 49.2 Å². The molecule has 7 nitrogen and oxygen atoms in total. The fourth-order valence-electron chi connectivity index (χ4n) is 3.93. The van der Waals surface area contributed by atoms with Gasteiger partial charge < -0.3 is 4.74 Å². The van der Waals surface area contributed by atoms with Gasteiger partial charge in [0.05, 0.1) is 13.7 Å². The molecule has 0 saturated carbocycles. The smallest absolute Gasteiger partial charge is 0.185 e. The Bertz CT molecular complexity index is 943. The van der Waals surface area contributed by atoms with Crippen molar-refractivity contribution in [2.45, 2.75) is 25.9 Å². The first-order valence-electron chi connectivity index (χ1n) is 9.88. The molecule has 1 aliphatic rings. The molecule has 4 rings (SSSR count). The lowest BCUT2D eigenvalue weighted by Crippen LogP contribution is -2.38. The van der Waals surface area contributed by atoms with Crippen molar-refractivity contribution in [2.75, 3.05) is 20.2 Å². The minimum absolute atomic E-state index is 0.00603. The van der Waals surface area contributed by atoms with Crippen LogP contribution in [0.4, 0.5) is 0 Å². The van der Waals surface area contributed by atoms with Gasteiger partial charge in [0.1, 0.15) is 24.1 Å². The normalized spacial score (nSPS) is 17.2. The van der Waals surface area contributed by atoms with E-state index < -0.39 is 0 Å². The fourth-order valence-corrected chi connectivity index (χ4v) is 3.93. The first-order valence-corrected chi connectivity index (χ1v) is 9.88. The quantitative estimate of drug-likeness (QED) is 0.577. The number of hydrogen-bond acceptors (Lipinski definition) is 6. The van der Waals surface area contributed by atoms with E-state index in [4.69, 9.17) is 4.74 Å². The molecule has 0 aliphatic carbocycles. The largest absolute Gasteiger partial charge is 0.496 e. The Morgan fingerprint density at radius 1 is 1.24 bits per heavy atom. The summed E-state index contributed by atoms with van der Waals surface area (Å²) in [6, 6.07) is 11.8. The number of rotatable bonds is 7. The predicted octanol–water partition coefficient (Wildman–Crippen LogP) is 2.82. The number of carbonyl (C=O) groups is 1. The number of Topliss-reactive ketones (excluding diaryl/α,β-unsaturated/α-hetero) is 1. The van der Waals surface area contributed by atoms with Gasteiger partial charge in [0.2, 0.25) is 0 Å². The van der Waals surface area contributed by atoms with E-state index in [1.807, 2.05) is 18.2 Å². The lowest BCUT2D eigenvalue weighted by molar-refractivity contribution is 0.0806. The Labute approximate surface area is 170 Å². The summed E-state index contributed by atoms with van der Waals surface area (Å²) in [6.07, 6.45) is 6.85. The van der Waals surface area contributed by atoms with E-state index in [1.165, 1.54) is 11.9 Å². The number of likely N-dealkylation sites (tertiary alicyclic amines) is 1. The highest BCUT2D eigenvalue weighted by molar-refractivity contribution is 5.96. The van der Waals surface area contributed by atoms with E-state index >= 15 is 0 Å². The molecule has 0 N–H and O–H groups in total. The number of pyridine rings is 1. The molecule has 3 heterocycles. The molecule has 1 atom stereocenters. The van der Waals surface area contributed by atoms with Gasteiger partial charge in [0.25, 0.3) is 0 Å². The number of nitrogens with zero attached hydrogens (tertiary/aromatic N) is 5. The zero-order valence-corrected chi connectivity index (χ0v) is 16.6. The number of carbonyl (C=O) groups excluding carboxylic acids is 1. The maximum Gasteiger partial charge on any atom is 0.185 e. The highest BCUT2D eigenvalue weighted by Crippen LogP contribution is 2.25. The first kappa shape index (κ1) is 19.3. The number of benzene rings is 1. The van der Waals surface area contributed by atoms with Gasteiger partial charge in [-0.2, -0.15) is 5.10 Å². The van der Waals surface area contributed by atoms with Crippen LogP contribution in [0.2, 0.25) is 0 Å². The van der Waals surface area contributed by atoms with Crippen LogP contribution in [0.3, 0.4) is 0 Å². The second-order valence-electron chi connectivity index (χ2n) is 7.39. The lowest BCUT2D eigenvalue weighted by atomic mass is 9.91. The van der Waals surface area contributed by atoms with Gasteiger partial charge >= 0.3 is 0 Å². The summed E-state index contributed by atoms with van der Waals surface area (Å²) in [6.45, 7) is 3.18. The van der Waals surface area contributed by atoms with Crippen molar-refractivity contribution in [3.63, 3.8) is 0 Å². The molecule has 1 aliphatic heterocycles. The molecule has 0 bridgehead atoms. The Balaban J connectivity index is 1.45. The van der Waals surface area contributed by atoms with Crippen LogP contribution in [-0.2, 0) is 13.1 Å². The number of methoxy groups -OCH3 is 1. The second kappa shape index (κ2) is 8.96. The molecule has 29 heavy (non-hydrogen) atoms. The van der Waals surface area contributed by atoms with Crippen molar-refractivity contribution in [2.24, 2.45) is 5.92 Å². The average molecular weight is 391 g/mol. The van der Waals surface area contributed by atoms with Crippen LogP contribution in [-0.4, -0.2) is 50.6 Å². The number of ether oxygens (including phenoxy) is 1. The van der Waals surface area contributed by atoms with Crippen LogP contribution in [0.1, 0.15) is 34.5 Å². The summed E-state index contributed by atoms with van der Waals surface area (Å²) in [5.41, 5.74) is 2.83. The molecule has 1 aromatic carbocycles. The predicted molar refractivity (Wildman–Crippen MR) is 109 cm³/mol. The third kappa shape index (κ3) is 4.68. The molecule has 7 heteroatoms.